The van der Waals surface area contributed by atoms with Crippen LogP contribution in [0, 0.1) is 11.6 Å². The van der Waals surface area contributed by atoms with Crippen LogP contribution >= 0.6 is 0 Å². The van der Waals surface area contributed by atoms with Gasteiger partial charge in [-0.1, -0.05) is 0 Å². The molecule has 17 heavy (non-hydrogen) atoms. The molecular weight excluding hydrogens is 228 g/mol. The van der Waals surface area contributed by atoms with Crippen LogP contribution in [0.15, 0.2) is 18.2 Å². The molecule has 1 aliphatic rings. The van der Waals surface area contributed by atoms with E-state index in [1.807, 2.05) is 0 Å². The van der Waals surface area contributed by atoms with Gasteiger partial charge in [0.2, 0.25) is 0 Å². The quantitative estimate of drug-likeness (QED) is 0.752. The number of benzene rings is 1. The summed E-state index contributed by atoms with van der Waals surface area (Å²) in [6, 6.07) is 2.44. The van der Waals surface area contributed by atoms with E-state index in [0.717, 1.165) is 18.9 Å². The van der Waals surface area contributed by atoms with Gasteiger partial charge in [0.25, 0.3) is 0 Å². The SMILES string of the molecule is NCC1(NC(=O)Nc2ccc(F)cc2F)CC1. The molecule has 2 amide bonds. The van der Waals surface area contributed by atoms with Crippen LogP contribution in [0.4, 0.5) is 19.3 Å². The summed E-state index contributed by atoms with van der Waals surface area (Å²) in [5, 5.41) is 4.99. The molecule has 0 bridgehead atoms. The lowest BCUT2D eigenvalue weighted by molar-refractivity contribution is 0.247. The number of amides is 2. The number of rotatable bonds is 3. The number of hydrogen-bond acceptors (Lipinski definition) is 2. The molecule has 6 heteroatoms. The van der Waals surface area contributed by atoms with Crippen LogP contribution in [0.1, 0.15) is 12.8 Å². The van der Waals surface area contributed by atoms with E-state index >= 15 is 0 Å². The number of carbonyl (C=O) groups is 1. The smallest absolute Gasteiger partial charge is 0.319 e. The maximum Gasteiger partial charge on any atom is 0.319 e. The Morgan fingerprint density at radius 2 is 2.12 bits per heavy atom. The number of urea groups is 1. The second-order valence-corrected chi connectivity index (χ2v) is 4.19. The average Bonchev–Trinajstić information content (AvgIpc) is 3.03. The van der Waals surface area contributed by atoms with Gasteiger partial charge in [0.1, 0.15) is 11.6 Å². The van der Waals surface area contributed by atoms with Crippen molar-refractivity contribution in [2.24, 2.45) is 5.73 Å². The van der Waals surface area contributed by atoms with Crippen molar-refractivity contribution >= 4 is 11.7 Å². The first-order valence-corrected chi connectivity index (χ1v) is 5.29. The monoisotopic (exact) mass is 241 g/mol. The zero-order valence-electron chi connectivity index (χ0n) is 9.09. The molecular formula is C11H13F2N3O. The van der Waals surface area contributed by atoms with E-state index < -0.39 is 17.7 Å². The van der Waals surface area contributed by atoms with Gasteiger partial charge in [0.05, 0.1) is 11.2 Å². The third kappa shape index (κ3) is 2.71. The summed E-state index contributed by atoms with van der Waals surface area (Å²) >= 11 is 0. The third-order valence-corrected chi connectivity index (χ3v) is 2.80. The van der Waals surface area contributed by atoms with Gasteiger partial charge in [-0.3, -0.25) is 0 Å². The van der Waals surface area contributed by atoms with Crippen molar-refractivity contribution in [2.45, 2.75) is 18.4 Å². The highest BCUT2D eigenvalue weighted by atomic mass is 19.1. The Bertz CT molecular complexity index is 446. The molecule has 0 aromatic heterocycles. The fourth-order valence-electron chi connectivity index (χ4n) is 1.52. The number of halogens is 2. The highest BCUT2D eigenvalue weighted by Crippen LogP contribution is 2.33. The summed E-state index contributed by atoms with van der Waals surface area (Å²) in [6.07, 6.45) is 1.64. The second-order valence-electron chi connectivity index (χ2n) is 4.19. The molecule has 1 saturated carbocycles. The second kappa shape index (κ2) is 4.29. The van der Waals surface area contributed by atoms with E-state index in [1.54, 1.807) is 0 Å². The predicted octanol–water partition coefficient (Wildman–Crippen LogP) is 1.58. The van der Waals surface area contributed by atoms with Gasteiger partial charge < -0.3 is 16.4 Å². The molecule has 2 rings (SSSR count). The molecule has 1 aliphatic carbocycles. The van der Waals surface area contributed by atoms with Gasteiger partial charge in [-0.15, -0.1) is 0 Å². The Kier molecular flexibility index (Phi) is 2.97. The van der Waals surface area contributed by atoms with Gasteiger partial charge in [0, 0.05) is 12.6 Å². The van der Waals surface area contributed by atoms with Crippen LogP contribution < -0.4 is 16.4 Å². The van der Waals surface area contributed by atoms with Crippen LogP contribution in [0.5, 0.6) is 0 Å². The topological polar surface area (TPSA) is 67.1 Å². The van der Waals surface area contributed by atoms with E-state index in [0.29, 0.717) is 12.6 Å². The summed E-state index contributed by atoms with van der Waals surface area (Å²) in [5.74, 6) is -1.49. The van der Waals surface area contributed by atoms with Crippen LogP contribution in [0.25, 0.3) is 0 Å². The lowest BCUT2D eigenvalue weighted by Crippen LogP contribution is -2.44. The summed E-state index contributed by atoms with van der Waals surface area (Å²) < 4.78 is 25.9. The van der Waals surface area contributed by atoms with Crippen molar-refractivity contribution in [3.05, 3.63) is 29.8 Å². The molecule has 1 aromatic rings. The van der Waals surface area contributed by atoms with Crippen molar-refractivity contribution in [1.29, 1.82) is 0 Å². The van der Waals surface area contributed by atoms with Gasteiger partial charge in [-0.05, 0) is 25.0 Å². The van der Waals surface area contributed by atoms with E-state index in [-0.39, 0.29) is 11.2 Å². The van der Waals surface area contributed by atoms with E-state index in [2.05, 4.69) is 10.6 Å². The van der Waals surface area contributed by atoms with Crippen molar-refractivity contribution in [2.75, 3.05) is 11.9 Å². The fourth-order valence-corrected chi connectivity index (χ4v) is 1.52. The van der Waals surface area contributed by atoms with Crippen molar-refractivity contribution in [3.8, 4) is 0 Å². The molecule has 0 saturated heterocycles. The highest BCUT2D eigenvalue weighted by molar-refractivity contribution is 5.90. The number of nitrogens with one attached hydrogen (secondary N) is 2. The van der Waals surface area contributed by atoms with Gasteiger partial charge in [0.15, 0.2) is 0 Å². The zero-order chi connectivity index (χ0) is 12.5. The number of nitrogens with two attached hydrogens (primary N) is 1. The Hall–Kier alpha value is -1.69. The first-order valence-electron chi connectivity index (χ1n) is 5.29. The zero-order valence-corrected chi connectivity index (χ0v) is 9.09. The van der Waals surface area contributed by atoms with Crippen molar-refractivity contribution in [1.82, 2.24) is 5.32 Å². The molecule has 0 radical (unpaired) electrons. The molecule has 0 atom stereocenters. The van der Waals surface area contributed by atoms with Crippen LogP contribution in [0.2, 0.25) is 0 Å². The molecule has 4 N–H and O–H groups in total. The van der Waals surface area contributed by atoms with Crippen LogP contribution in [-0.2, 0) is 0 Å². The van der Waals surface area contributed by atoms with Gasteiger partial charge in [-0.25, -0.2) is 13.6 Å². The molecule has 0 aliphatic heterocycles. The molecule has 0 unspecified atom stereocenters. The van der Waals surface area contributed by atoms with E-state index in [4.69, 9.17) is 5.73 Å². The predicted molar refractivity (Wildman–Crippen MR) is 59.5 cm³/mol. The lowest BCUT2D eigenvalue weighted by atomic mass is 10.3. The van der Waals surface area contributed by atoms with Crippen LogP contribution in [0.3, 0.4) is 0 Å². The van der Waals surface area contributed by atoms with E-state index in [9.17, 15) is 13.6 Å². The van der Waals surface area contributed by atoms with Crippen molar-refractivity contribution < 1.29 is 13.6 Å². The Labute approximate surface area is 97.2 Å². The summed E-state index contributed by atoms with van der Waals surface area (Å²) in [4.78, 5) is 11.5. The number of carbonyl (C=O) groups excluding carboxylic acids is 1. The van der Waals surface area contributed by atoms with Crippen LogP contribution in [-0.4, -0.2) is 18.1 Å². The Morgan fingerprint density at radius 3 is 2.65 bits per heavy atom. The largest absolute Gasteiger partial charge is 0.331 e. The molecule has 4 nitrogen and oxygen atoms in total. The maximum absolute atomic E-state index is 13.2. The average molecular weight is 241 g/mol. The Morgan fingerprint density at radius 1 is 1.41 bits per heavy atom. The molecule has 1 fully saturated rings. The van der Waals surface area contributed by atoms with E-state index in [1.165, 1.54) is 6.07 Å². The fraction of sp³-hybridized carbons (Fsp3) is 0.364. The van der Waals surface area contributed by atoms with Gasteiger partial charge >= 0.3 is 6.03 Å². The summed E-state index contributed by atoms with van der Waals surface area (Å²) in [6.45, 7) is 0.353. The first kappa shape index (κ1) is 11.8. The minimum Gasteiger partial charge on any atom is -0.331 e. The number of hydrogen-bond donors (Lipinski definition) is 3. The standard InChI is InChI=1S/C11H13F2N3O/c12-7-1-2-9(8(13)5-7)15-10(17)16-11(6-14)3-4-11/h1-2,5H,3-4,6,14H2,(H2,15,16,17). The number of anilines is 1. The van der Waals surface area contributed by atoms with Crippen molar-refractivity contribution in [3.63, 3.8) is 0 Å². The molecule has 0 spiro atoms. The maximum atomic E-state index is 13.2. The minimum absolute atomic E-state index is 0.0586. The first-order chi connectivity index (χ1) is 8.04. The summed E-state index contributed by atoms with van der Waals surface area (Å²) in [7, 11) is 0. The minimum atomic E-state index is -0.808. The molecule has 92 valence electrons. The highest BCUT2D eigenvalue weighted by Gasteiger charge is 2.42. The normalized spacial score (nSPS) is 16.4. The Balaban J connectivity index is 1.98. The third-order valence-electron chi connectivity index (χ3n) is 2.80. The molecule has 1 aromatic carbocycles. The lowest BCUT2D eigenvalue weighted by Gasteiger charge is -2.15. The summed E-state index contributed by atoms with van der Waals surface area (Å²) in [5.41, 5.74) is 5.09. The molecule has 0 heterocycles. The van der Waals surface area contributed by atoms with Gasteiger partial charge in [-0.2, -0.15) is 0 Å².